The van der Waals surface area contributed by atoms with E-state index in [1.165, 1.54) is 0 Å². The van der Waals surface area contributed by atoms with Crippen molar-refractivity contribution in [3.05, 3.63) is 58.7 Å². The fourth-order valence-electron chi connectivity index (χ4n) is 2.28. The monoisotopic (exact) mass is 285 g/mol. The summed E-state index contributed by atoms with van der Waals surface area (Å²) in [6.07, 6.45) is 0. The van der Waals surface area contributed by atoms with Crippen molar-refractivity contribution in [2.45, 2.75) is 25.7 Å². The maximum absolute atomic E-state index is 12.6. The van der Waals surface area contributed by atoms with Crippen molar-refractivity contribution in [3.63, 3.8) is 0 Å². The summed E-state index contributed by atoms with van der Waals surface area (Å²) in [5, 5.41) is 0. The molecule has 2 nitrogen and oxygen atoms in total. The number of rotatable bonds is 2. The molecule has 0 radical (unpaired) electrons. The van der Waals surface area contributed by atoms with Crippen LogP contribution < -0.4 is 4.90 Å². The molecule has 0 bridgehead atoms. The minimum absolute atomic E-state index is 0.0107. The third kappa shape index (κ3) is 3.05. The standard InChI is InChI=1S/C17H19NOS/c1-11-7-12(2)9-14(8-11)18(4)17(19)16-10-15(20)6-5-13(16)3/h5-10,20H,1-4H3. The molecule has 0 aliphatic heterocycles. The van der Waals surface area contributed by atoms with Crippen molar-refractivity contribution in [1.29, 1.82) is 0 Å². The molecule has 2 rings (SSSR count). The molecule has 20 heavy (non-hydrogen) atoms. The van der Waals surface area contributed by atoms with Gasteiger partial charge in [0.2, 0.25) is 0 Å². The molecule has 1 amide bonds. The Bertz CT molecular complexity index is 644. The second-order valence-corrected chi connectivity index (χ2v) is 5.73. The summed E-state index contributed by atoms with van der Waals surface area (Å²) in [4.78, 5) is 15.1. The summed E-state index contributed by atoms with van der Waals surface area (Å²) in [5.41, 5.74) is 4.87. The third-order valence-electron chi connectivity index (χ3n) is 3.35. The second-order valence-electron chi connectivity index (χ2n) is 5.21. The highest BCUT2D eigenvalue weighted by atomic mass is 32.1. The number of thiol groups is 1. The predicted molar refractivity (Wildman–Crippen MR) is 87.1 cm³/mol. The Morgan fingerprint density at radius 2 is 1.60 bits per heavy atom. The zero-order chi connectivity index (χ0) is 14.9. The fourth-order valence-corrected chi connectivity index (χ4v) is 2.49. The number of carbonyl (C=O) groups is 1. The quantitative estimate of drug-likeness (QED) is 0.821. The molecule has 0 aliphatic carbocycles. The average molecular weight is 285 g/mol. The lowest BCUT2D eigenvalue weighted by Gasteiger charge is -2.20. The number of amides is 1. The van der Waals surface area contributed by atoms with E-state index in [4.69, 9.17) is 0 Å². The minimum Gasteiger partial charge on any atom is -0.311 e. The summed E-state index contributed by atoms with van der Waals surface area (Å²) in [6, 6.07) is 11.8. The molecule has 3 heteroatoms. The second kappa shape index (κ2) is 5.71. The van der Waals surface area contributed by atoms with Gasteiger partial charge in [0.1, 0.15) is 0 Å². The first kappa shape index (κ1) is 14.7. The van der Waals surface area contributed by atoms with Crippen molar-refractivity contribution < 1.29 is 4.79 Å². The molecule has 0 atom stereocenters. The van der Waals surface area contributed by atoms with Gasteiger partial charge in [-0.1, -0.05) is 12.1 Å². The lowest BCUT2D eigenvalue weighted by Crippen LogP contribution is -2.27. The normalized spacial score (nSPS) is 10.4. The Morgan fingerprint density at radius 1 is 1.00 bits per heavy atom. The SMILES string of the molecule is Cc1cc(C)cc(N(C)C(=O)c2cc(S)ccc2C)c1. The van der Waals surface area contributed by atoms with Crippen LogP contribution in [0.3, 0.4) is 0 Å². The molecule has 2 aromatic carbocycles. The summed E-state index contributed by atoms with van der Waals surface area (Å²) >= 11 is 4.31. The van der Waals surface area contributed by atoms with Crippen LogP contribution in [0.1, 0.15) is 27.0 Å². The Morgan fingerprint density at radius 3 is 2.20 bits per heavy atom. The summed E-state index contributed by atoms with van der Waals surface area (Å²) in [7, 11) is 1.81. The van der Waals surface area contributed by atoms with Crippen LogP contribution in [-0.2, 0) is 0 Å². The zero-order valence-corrected chi connectivity index (χ0v) is 13.2. The van der Waals surface area contributed by atoms with E-state index >= 15 is 0 Å². The van der Waals surface area contributed by atoms with E-state index in [0.29, 0.717) is 5.56 Å². The number of nitrogens with zero attached hydrogens (tertiary/aromatic N) is 1. The summed E-state index contributed by atoms with van der Waals surface area (Å²) < 4.78 is 0. The molecule has 0 aliphatic rings. The van der Waals surface area contributed by atoms with Crippen LogP contribution in [0.25, 0.3) is 0 Å². The average Bonchev–Trinajstić information content (AvgIpc) is 2.38. The molecule has 0 saturated heterocycles. The number of aryl methyl sites for hydroxylation is 3. The van der Waals surface area contributed by atoms with Crippen LogP contribution in [0.5, 0.6) is 0 Å². The van der Waals surface area contributed by atoms with Crippen LogP contribution >= 0.6 is 12.6 Å². The maximum Gasteiger partial charge on any atom is 0.258 e. The Labute approximate surface area is 125 Å². The van der Waals surface area contributed by atoms with Crippen molar-refractivity contribution in [2.75, 3.05) is 11.9 Å². The van der Waals surface area contributed by atoms with Gasteiger partial charge < -0.3 is 4.90 Å². The van der Waals surface area contributed by atoms with E-state index < -0.39 is 0 Å². The Balaban J connectivity index is 2.39. The third-order valence-corrected chi connectivity index (χ3v) is 3.63. The van der Waals surface area contributed by atoms with Gasteiger partial charge in [-0.15, -0.1) is 12.6 Å². The van der Waals surface area contributed by atoms with Crippen LogP contribution in [0.2, 0.25) is 0 Å². The molecule has 0 spiro atoms. The van der Waals surface area contributed by atoms with Crippen molar-refractivity contribution in [3.8, 4) is 0 Å². The number of carbonyl (C=O) groups excluding carboxylic acids is 1. The predicted octanol–water partition coefficient (Wildman–Crippen LogP) is 4.18. The Hall–Kier alpha value is -1.74. The highest BCUT2D eigenvalue weighted by molar-refractivity contribution is 7.80. The lowest BCUT2D eigenvalue weighted by molar-refractivity contribution is 0.0992. The van der Waals surface area contributed by atoms with E-state index in [1.807, 2.05) is 51.1 Å². The van der Waals surface area contributed by atoms with Crippen LogP contribution in [0, 0.1) is 20.8 Å². The van der Waals surface area contributed by atoms with E-state index in [2.05, 4.69) is 18.7 Å². The van der Waals surface area contributed by atoms with Gasteiger partial charge in [0.25, 0.3) is 5.91 Å². The molecule has 0 aromatic heterocycles. The van der Waals surface area contributed by atoms with Gasteiger partial charge >= 0.3 is 0 Å². The van der Waals surface area contributed by atoms with Crippen LogP contribution in [0.15, 0.2) is 41.3 Å². The maximum atomic E-state index is 12.6. The van der Waals surface area contributed by atoms with Gasteiger partial charge in [-0.3, -0.25) is 4.79 Å². The van der Waals surface area contributed by atoms with Gasteiger partial charge in [-0.05, 0) is 61.7 Å². The summed E-state index contributed by atoms with van der Waals surface area (Å²) in [6.45, 7) is 6.01. The molecule has 104 valence electrons. The van der Waals surface area contributed by atoms with Gasteiger partial charge in [-0.2, -0.15) is 0 Å². The number of benzene rings is 2. The molecule has 0 heterocycles. The van der Waals surface area contributed by atoms with Crippen LogP contribution in [0.4, 0.5) is 5.69 Å². The molecular formula is C17H19NOS. The van der Waals surface area contributed by atoms with Crippen molar-refractivity contribution in [2.24, 2.45) is 0 Å². The smallest absolute Gasteiger partial charge is 0.258 e. The molecule has 2 aromatic rings. The van der Waals surface area contributed by atoms with Crippen molar-refractivity contribution >= 4 is 24.2 Å². The van der Waals surface area contributed by atoms with Gasteiger partial charge in [-0.25, -0.2) is 0 Å². The molecule has 0 N–H and O–H groups in total. The van der Waals surface area contributed by atoms with Gasteiger partial charge in [0, 0.05) is 23.2 Å². The first-order valence-electron chi connectivity index (χ1n) is 6.54. The molecule has 0 saturated carbocycles. The topological polar surface area (TPSA) is 20.3 Å². The van der Waals surface area contributed by atoms with Crippen LogP contribution in [-0.4, -0.2) is 13.0 Å². The van der Waals surface area contributed by atoms with Gasteiger partial charge in [0.15, 0.2) is 0 Å². The lowest BCUT2D eigenvalue weighted by atomic mass is 10.1. The van der Waals surface area contributed by atoms with E-state index in [0.717, 1.165) is 27.3 Å². The first-order chi connectivity index (χ1) is 9.38. The molecule has 0 unspecified atom stereocenters. The Kier molecular flexibility index (Phi) is 4.19. The van der Waals surface area contributed by atoms with E-state index in [1.54, 1.807) is 11.9 Å². The first-order valence-corrected chi connectivity index (χ1v) is 6.99. The number of anilines is 1. The molecular weight excluding hydrogens is 266 g/mol. The highest BCUT2D eigenvalue weighted by Crippen LogP contribution is 2.22. The number of hydrogen-bond donors (Lipinski definition) is 1. The van der Waals surface area contributed by atoms with Crippen molar-refractivity contribution in [1.82, 2.24) is 0 Å². The van der Waals surface area contributed by atoms with E-state index in [-0.39, 0.29) is 5.91 Å². The fraction of sp³-hybridized carbons (Fsp3) is 0.235. The highest BCUT2D eigenvalue weighted by Gasteiger charge is 2.16. The number of hydrogen-bond acceptors (Lipinski definition) is 2. The summed E-state index contributed by atoms with van der Waals surface area (Å²) in [5.74, 6) is -0.0107. The minimum atomic E-state index is -0.0107. The van der Waals surface area contributed by atoms with E-state index in [9.17, 15) is 4.79 Å². The van der Waals surface area contributed by atoms with Gasteiger partial charge in [0.05, 0.1) is 0 Å². The zero-order valence-electron chi connectivity index (χ0n) is 12.3. The largest absolute Gasteiger partial charge is 0.311 e. The molecule has 0 fully saturated rings.